The summed E-state index contributed by atoms with van der Waals surface area (Å²) in [6.45, 7) is 10.1. The van der Waals surface area contributed by atoms with Gasteiger partial charge in [-0.1, -0.05) is 18.8 Å². The second kappa shape index (κ2) is 11.1. The number of hydrogen-bond acceptors (Lipinski definition) is 6. The number of aromatic carboxylic acids is 1. The smallest absolute Gasteiger partial charge is 0.348 e. The van der Waals surface area contributed by atoms with E-state index in [1.165, 1.54) is 10.5 Å². The molecule has 9 nitrogen and oxygen atoms in total. The van der Waals surface area contributed by atoms with Gasteiger partial charge in [0.2, 0.25) is 5.91 Å². The minimum Gasteiger partial charge on any atom is -0.477 e. The number of thiophene rings is 1. The van der Waals surface area contributed by atoms with Gasteiger partial charge in [0.15, 0.2) is 5.03 Å². The number of aryl methyl sites for hydroxylation is 2. The first-order valence-electron chi connectivity index (χ1n) is 13.4. The standard InChI is InChI=1S/C28H38N4O5S2/c1-18-7-9-20(10-8-18)26(33)32(23-15-22(11-13-28(3,4)5)38-25(23)27(34)35)21-12-14-31(16-21)39(36,37)24-17-30(6)19(2)29-24/h15,17-18,20-21H,7-10,12,14,16H2,1-6H3,(H,34,35)/t18?,20?,21-/m0/s1. The molecule has 212 valence electrons. The molecule has 0 aromatic carbocycles. The summed E-state index contributed by atoms with van der Waals surface area (Å²) in [6, 6.07) is 1.20. The summed E-state index contributed by atoms with van der Waals surface area (Å²) >= 11 is 1.06. The second-order valence-corrected chi connectivity index (χ2v) is 14.8. The van der Waals surface area contributed by atoms with Crippen molar-refractivity contribution in [3.8, 4) is 11.8 Å². The van der Waals surface area contributed by atoms with E-state index in [9.17, 15) is 23.1 Å². The van der Waals surface area contributed by atoms with Crippen molar-refractivity contribution in [1.29, 1.82) is 0 Å². The van der Waals surface area contributed by atoms with Crippen LogP contribution in [-0.4, -0.2) is 58.4 Å². The van der Waals surface area contributed by atoms with Crippen LogP contribution in [0.4, 0.5) is 5.69 Å². The Morgan fingerprint density at radius 1 is 1.18 bits per heavy atom. The van der Waals surface area contributed by atoms with E-state index in [-0.39, 0.29) is 40.2 Å². The quantitative estimate of drug-likeness (QED) is 0.508. The van der Waals surface area contributed by atoms with Crippen molar-refractivity contribution in [3.05, 3.63) is 27.8 Å². The van der Waals surface area contributed by atoms with Crippen molar-refractivity contribution in [2.24, 2.45) is 24.3 Å². The Morgan fingerprint density at radius 2 is 1.85 bits per heavy atom. The first kappa shape index (κ1) is 29.3. The van der Waals surface area contributed by atoms with Gasteiger partial charge in [0.1, 0.15) is 10.7 Å². The Labute approximate surface area is 235 Å². The molecule has 0 radical (unpaired) electrons. The number of carboxylic acids is 1. The molecular weight excluding hydrogens is 536 g/mol. The minimum atomic E-state index is -3.87. The van der Waals surface area contributed by atoms with Crippen LogP contribution in [0.2, 0.25) is 0 Å². The number of sulfonamides is 1. The highest BCUT2D eigenvalue weighted by Gasteiger charge is 2.42. The Kier molecular flexibility index (Phi) is 8.31. The summed E-state index contributed by atoms with van der Waals surface area (Å²) in [4.78, 5) is 32.8. The Morgan fingerprint density at radius 3 is 2.41 bits per heavy atom. The van der Waals surface area contributed by atoms with Crippen LogP contribution in [0.15, 0.2) is 17.3 Å². The van der Waals surface area contributed by atoms with E-state index in [4.69, 9.17) is 0 Å². The monoisotopic (exact) mass is 574 g/mol. The molecule has 2 aromatic rings. The van der Waals surface area contributed by atoms with Crippen LogP contribution in [-0.2, 0) is 21.9 Å². The zero-order valence-corrected chi connectivity index (χ0v) is 25.2. The van der Waals surface area contributed by atoms with Crippen molar-refractivity contribution in [3.63, 3.8) is 0 Å². The average Bonchev–Trinajstić information content (AvgIpc) is 3.58. The third-order valence-electron chi connectivity index (χ3n) is 7.51. The van der Waals surface area contributed by atoms with Crippen LogP contribution in [0, 0.1) is 36.0 Å². The van der Waals surface area contributed by atoms with E-state index in [0.717, 1.165) is 37.0 Å². The molecule has 1 N–H and O–H groups in total. The van der Waals surface area contributed by atoms with Gasteiger partial charge in [0.25, 0.3) is 10.0 Å². The minimum absolute atomic E-state index is 0.0243. The van der Waals surface area contributed by atoms with E-state index in [1.54, 1.807) is 29.5 Å². The molecule has 0 spiro atoms. The summed E-state index contributed by atoms with van der Waals surface area (Å²) < 4.78 is 29.8. The molecule has 0 unspecified atom stereocenters. The molecule has 1 aliphatic carbocycles. The van der Waals surface area contributed by atoms with Gasteiger partial charge in [0, 0.05) is 37.7 Å². The number of imidazole rings is 1. The molecule has 2 aliphatic rings. The molecule has 4 rings (SSSR count). The molecular formula is C28H38N4O5S2. The van der Waals surface area contributed by atoms with Crippen molar-refractivity contribution in [2.75, 3.05) is 18.0 Å². The maximum atomic E-state index is 14.1. The van der Waals surface area contributed by atoms with Gasteiger partial charge in [0.05, 0.1) is 16.6 Å². The lowest BCUT2D eigenvalue weighted by Gasteiger charge is -2.34. The van der Waals surface area contributed by atoms with Crippen molar-refractivity contribution < 1.29 is 23.1 Å². The number of amides is 1. The molecule has 3 heterocycles. The summed E-state index contributed by atoms with van der Waals surface area (Å²) in [6.07, 6.45) is 5.24. The van der Waals surface area contributed by atoms with E-state index in [2.05, 4.69) is 23.7 Å². The second-order valence-electron chi connectivity index (χ2n) is 11.8. The topological polar surface area (TPSA) is 113 Å². The highest BCUT2D eigenvalue weighted by molar-refractivity contribution is 7.89. The Bertz CT molecular complexity index is 1400. The molecule has 39 heavy (non-hydrogen) atoms. The van der Waals surface area contributed by atoms with Crippen LogP contribution in [0.25, 0.3) is 0 Å². The highest BCUT2D eigenvalue weighted by Crippen LogP contribution is 2.38. The van der Waals surface area contributed by atoms with Gasteiger partial charge < -0.3 is 14.6 Å². The molecule has 1 amide bonds. The van der Waals surface area contributed by atoms with Crippen LogP contribution in [0.5, 0.6) is 0 Å². The molecule has 0 bridgehead atoms. The molecule has 2 aromatic heterocycles. The predicted octanol–water partition coefficient (Wildman–Crippen LogP) is 4.51. The van der Waals surface area contributed by atoms with Gasteiger partial charge in [-0.15, -0.1) is 11.3 Å². The fourth-order valence-corrected chi connectivity index (χ4v) is 7.51. The fraction of sp³-hybridized carbons (Fsp3) is 0.607. The number of hydrogen-bond donors (Lipinski definition) is 1. The van der Waals surface area contributed by atoms with E-state index < -0.39 is 22.0 Å². The average molecular weight is 575 g/mol. The van der Waals surface area contributed by atoms with Crippen LogP contribution < -0.4 is 4.90 Å². The third-order valence-corrected chi connectivity index (χ3v) is 10.3. The number of nitrogens with zero attached hydrogens (tertiary/aromatic N) is 4. The van der Waals surface area contributed by atoms with Gasteiger partial charge in [-0.05, 0) is 71.8 Å². The summed E-state index contributed by atoms with van der Waals surface area (Å²) in [5, 5.41) is 10.1. The zero-order valence-electron chi connectivity index (χ0n) is 23.5. The van der Waals surface area contributed by atoms with Crippen LogP contribution in [0.1, 0.15) is 80.2 Å². The van der Waals surface area contributed by atoms with E-state index in [0.29, 0.717) is 28.7 Å². The van der Waals surface area contributed by atoms with E-state index >= 15 is 0 Å². The first-order chi connectivity index (χ1) is 18.2. The van der Waals surface area contributed by atoms with Crippen molar-refractivity contribution in [1.82, 2.24) is 13.9 Å². The van der Waals surface area contributed by atoms with E-state index in [1.807, 2.05) is 20.8 Å². The lowest BCUT2D eigenvalue weighted by Crippen LogP contribution is -2.46. The van der Waals surface area contributed by atoms with Gasteiger partial charge in [-0.3, -0.25) is 4.79 Å². The van der Waals surface area contributed by atoms with Crippen molar-refractivity contribution in [2.45, 2.75) is 77.8 Å². The maximum Gasteiger partial charge on any atom is 0.348 e. The number of anilines is 1. The Balaban J connectivity index is 1.72. The molecule has 1 saturated heterocycles. The highest BCUT2D eigenvalue weighted by atomic mass is 32.2. The fourth-order valence-electron chi connectivity index (χ4n) is 5.15. The number of aromatic nitrogens is 2. The number of rotatable bonds is 6. The lowest BCUT2D eigenvalue weighted by atomic mass is 9.82. The van der Waals surface area contributed by atoms with Crippen LogP contribution in [0.3, 0.4) is 0 Å². The third kappa shape index (κ3) is 6.39. The normalized spacial score (nSPS) is 22.4. The zero-order chi connectivity index (χ0) is 28.7. The SMILES string of the molecule is Cc1nc(S(=O)(=O)N2CC[C@H](N(C(=O)C3CCC(C)CC3)c3cc(C#CC(C)(C)C)sc3C(=O)O)C2)cn1C. The summed E-state index contributed by atoms with van der Waals surface area (Å²) in [5.74, 6) is 5.88. The maximum absolute atomic E-state index is 14.1. The molecule has 11 heteroatoms. The van der Waals surface area contributed by atoms with Gasteiger partial charge in [-0.25, -0.2) is 18.2 Å². The molecule has 1 atom stereocenters. The Hall–Kier alpha value is -2.68. The number of carbonyl (C=O) groups excluding carboxylic acids is 1. The molecule has 1 aliphatic heterocycles. The number of carbonyl (C=O) groups is 2. The molecule has 1 saturated carbocycles. The van der Waals surface area contributed by atoms with Gasteiger partial charge in [-0.2, -0.15) is 4.31 Å². The van der Waals surface area contributed by atoms with Crippen LogP contribution >= 0.6 is 11.3 Å². The summed E-state index contributed by atoms with van der Waals surface area (Å²) in [7, 11) is -2.13. The predicted molar refractivity (Wildman–Crippen MR) is 151 cm³/mol. The lowest BCUT2D eigenvalue weighted by molar-refractivity contribution is -0.124. The number of carboxylic acid groups (broad SMARTS) is 1. The summed E-state index contributed by atoms with van der Waals surface area (Å²) in [5.41, 5.74) is 0.0404. The first-order valence-corrected chi connectivity index (χ1v) is 15.7. The van der Waals surface area contributed by atoms with Crippen molar-refractivity contribution >= 4 is 38.9 Å². The largest absolute Gasteiger partial charge is 0.477 e. The van der Waals surface area contributed by atoms with Gasteiger partial charge >= 0.3 is 5.97 Å². The molecule has 2 fully saturated rings.